The Morgan fingerprint density at radius 3 is 2.65 bits per heavy atom. The van der Waals surface area contributed by atoms with Crippen LogP contribution in [0.5, 0.6) is 0 Å². The average Bonchev–Trinajstić information content (AvgIpc) is 2.67. The summed E-state index contributed by atoms with van der Waals surface area (Å²) in [6, 6.07) is 9.91. The molecule has 0 spiro atoms. The molecule has 0 bridgehead atoms. The van der Waals surface area contributed by atoms with Crippen LogP contribution in [0, 0.1) is 0 Å². The monoisotopic (exact) mass is 379 g/mol. The number of halogens is 2. The number of alkyl halides is 2. The van der Waals surface area contributed by atoms with Crippen molar-refractivity contribution in [1.82, 2.24) is 10.3 Å². The van der Waals surface area contributed by atoms with Gasteiger partial charge in [0, 0.05) is 41.9 Å². The molecule has 0 aliphatic carbocycles. The van der Waals surface area contributed by atoms with Gasteiger partial charge < -0.3 is 15.0 Å². The SMILES string of the molecule is O=C(NCc1cccnc1N1CCOCC1)c1ccc(SC(F)F)cc1. The first-order valence-electron chi connectivity index (χ1n) is 8.23. The van der Waals surface area contributed by atoms with Gasteiger partial charge in [-0.2, -0.15) is 8.78 Å². The number of carbonyl (C=O) groups excluding carboxylic acids is 1. The fourth-order valence-electron chi connectivity index (χ4n) is 2.69. The summed E-state index contributed by atoms with van der Waals surface area (Å²) < 4.78 is 30.1. The molecule has 0 unspecified atom stereocenters. The predicted octanol–water partition coefficient (Wildman–Crippen LogP) is 3.16. The molecular weight excluding hydrogens is 360 g/mol. The van der Waals surface area contributed by atoms with E-state index in [1.165, 1.54) is 12.1 Å². The fourth-order valence-corrected chi connectivity index (χ4v) is 3.19. The number of morpholine rings is 1. The molecule has 8 heteroatoms. The van der Waals surface area contributed by atoms with Gasteiger partial charge in [0.2, 0.25) is 0 Å². The number of anilines is 1. The van der Waals surface area contributed by atoms with Crippen molar-refractivity contribution in [3.05, 3.63) is 53.7 Å². The van der Waals surface area contributed by atoms with E-state index in [4.69, 9.17) is 4.74 Å². The number of pyridine rings is 1. The number of ether oxygens (including phenoxy) is 1. The first-order chi connectivity index (χ1) is 12.6. The number of nitrogens with one attached hydrogen (secondary N) is 1. The number of thioether (sulfide) groups is 1. The van der Waals surface area contributed by atoms with Gasteiger partial charge in [0.1, 0.15) is 5.82 Å². The maximum Gasteiger partial charge on any atom is 0.288 e. The number of amides is 1. The van der Waals surface area contributed by atoms with Crippen LogP contribution >= 0.6 is 11.8 Å². The van der Waals surface area contributed by atoms with E-state index in [1.54, 1.807) is 18.3 Å². The standard InChI is InChI=1S/C18H19F2N3O2S/c19-18(20)26-15-5-3-13(4-6-15)17(24)22-12-14-2-1-7-21-16(14)23-8-10-25-11-9-23/h1-7,18H,8-12H2,(H,22,24). The molecule has 1 aliphatic heterocycles. The first kappa shape index (κ1) is 18.6. The number of nitrogens with zero attached hydrogens (tertiary/aromatic N) is 2. The maximum atomic E-state index is 12.3. The Morgan fingerprint density at radius 1 is 1.23 bits per heavy atom. The van der Waals surface area contributed by atoms with E-state index in [0.29, 0.717) is 42.0 Å². The van der Waals surface area contributed by atoms with Gasteiger partial charge in [-0.3, -0.25) is 4.79 Å². The maximum absolute atomic E-state index is 12.3. The summed E-state index contributed by atoms with van der Waals surface area (Å²) in [6.07, 6.45) is 1.73. The van der Waals surface area contributed by atoms with Crippen LogP contribution in [0.15, 0.2) is 47.5 Å². The lowest BCUT2D eigenvalue weighted by Crippen LogP contribution is -2.37. The Hall–Kier alpha value is -2.19. The second kappa shape index (κ2) is 8.95. The van der Waals surface area contributed by atoms with E-state index < -0.39 is 5.76 Å². The summed E-state index contributed by atoms with van der Waals surface area (Å²) in [7, 11) is 0. The Balaban J connectivity index is 1.62. The second-order valence-electron chi connectivity index (χ2n) is 5.67. The molecule has 1 saturated heterocycles. The minimum atomic E-state index is -2.47. The molecule has 138 valence electrons. The molecule has 2 heterocycles. The van der Waals surface area contributed by atoms with Crippen molar-refractivity contribution in [2.75, 3.05) is 31.2 Å². The average molecular weight is 379 g/mol. The number of benzene rings is 1. The number of rotatable bonds is 6. The Labute approximate surface area is 154 Å². The molecule has 0 atom stereocenters. The van der Waals surface area contributed by atoms with Crippen molar-refractivity contribution in [3.8, 4) is 0 Å². The van der Waals surface area contributed by atoms with Crippen molar-refractivity contribution in [2.45, 2.75) is 17.2 Å². The van der Waals surface area contributed by atoms with Crippen LogP contribution in [-0.4, -0.2) is 43.0 Å². The normalized spacial score (nSPS) is 14.5. The van der Waals surface area contributed by atoms with E-state index in [-0.39, 0.29) is 5.91 Å². The highest BCUT2D eigenvalue weighted by molar-refractivity contribution is 7.99. The molecule has 0 radical (unpaired) electrons. The Bertz CT molecular complexity index is 737. The zero-order valence-electron chi connectivity index (χ0n) is 14.0. The Kier molecular flexibility index (Phi) is 6.40. The van der Waals surface area contributed by atoms with Gasteiger partial charge in [0.15, 0.2) is 0 Å². The summed E-state index contributed by atoms with van der Waals surface area (Å²) in [5, 5.41) is 2.86. The topological polar surface area (TPSA) is 54.5 Å². The molecule has 3 rings (SSSR count). The number of hydrogen-bond acceptors (Lipinski definition) is 5. The summed E-state index contributed by atoms with van der Waals surface area (Å²) in [5.74, 6) is -1.88. The van der Waals surface area contributed by atoms with Crippen molar-refractivity contribution in [1.29, 1.82) is 0 Å². The summed E-state index contributed by atoms with van der Waals surface area (Å²) in [6.45, 7) is 3.19. The van der Waals surface area contributed by atoms with Gasteiger partial charge in [0.25, 0.3) is 11.7 Å². The first-order valence-corrected chi connectivity index (χ1v) is 9.11. The molecule has 1 N–H and O–H groups in total. The van der Waals surface area contributed by atoms with E-state index in [1.807, 2.05) is 12.1 Å². The predicted molar refractivity (Wildman–Crippen MR) is 96.7 cm³/mol. The number of aromatic nitrogens is 1. The van der Waals surface area contributed by atoms with E-state index >= 15 is 0 Å². The van der Waals surface area contributed by atoms with Crippen molar-refractivity contribution >= 4 is 23.5 Å². The third kappa shape index (κ3) is 4.92. The van der Waals surface area contributed by atoms with Crippen LogP contribution in [-0.2, 0) is 11.3 Å². The van der Waals surface area contributed by atoms with Crippen molar-refractivity contribution < 1.29 is 18.3 Å². The van der Waals surface area contributed by atoms with Crippen LogP contribution in [0.2, 0.25) is 0 Å². The van der Waals surface area contributed by atoms with E-state index in [9.17, 15) is 13.6 Å². The van der Waals surface area contributed by atoms with Crippen LogP contribution in [0.1, 0.15) is 15.9 Å². The highest BCUT2D eigenvalue weighted by Crippen LogP contribution is 2.25. The molecule has 5 nitrogen and oxygen atoms in total. The molecule has 26 heavy (non-hydrogen) atoms. The quantitative estimate of drug-likeness (QED) is 0.782. The van der Waals surface area contributed by atoms with Gasteiger partial charge in [-0.25, -0.2) is 4.98 Å². The lowest BCUT2D eigenvalue weighted by Gasteiger charge is -2.29. The largest absolute Gasteiger partial charge is 0.378 e. The smallest absolute Gasteiger partial charge is 0.288 e. The van der Waals surface area contributed by atoms with Gasteiger partial charge in [-0.15, -0.1) is 0 Å². The van der Waals surface area contributed by atoms with Crippen molar-refractivity contribution in [2.24, 2.45) is 0 Å². The zero-order valence-corrected chi connectivity index (χ0v) is 14.8. The molecule has 1 aromatic carbocycles. The third-order valence-electron chi connectivity index (χ3n) is 3.96. The van der Waals surface area contributed by atoms with Gasteiger partial charge in [-0.1, -0.05) is 17.8 Å². The fraction of sp³-hybridized carbons (Fsp3) is 0.333. The zero-order chi connectivity index (χ0) is 18.4. The molecule has 1 aromatic heterocycles. The molecular formula is C18H19F2N3O2S. The minimum Gasteiger partial charge on any atom is -0.378 e. The molecule has 1 fully saturated rings. The third-order valence-corrected chi connectivity index (χ3v) is 4.68. The number of hydrogen-bond donors (Lipinski definition) is 1. The van der Waals surface area contributed by atoms with Crippen LogP contribution in [0.3, 0.4) is 0 Å². The summed E-state index contributed by atoms with van der Waals surface area (Å²) in [5.41, 5.74) is 1.35. The molecule has 0 saturated carbocycles. The minimum absolute atomic E-state index is 0.254. The van der Waals surface area contributed by atoms with Crippen molar-refractivity contribution in [3.63, 3.8) is 0 Å². The van der Waals surface area contributed by atoms with Crippen LogP contribution < -0.4 is 10.2 Å². The lowest BCUT2D eigenvalue weighted by molar-refractivity contribution is 0.0950. The van der Waals surface area contributed by atoms with Gasteiger partial charge >= 0.3 is 0 Å². The highest BCUT2D eigenvalue weighted by atomic mass is 32.2. The summed E-state index contributed by atoms with van der Waals surface area (Å²) in [4.78, 5) is 19.3. The summed E-state index contributed by atoms with van der Waals surface area (Å²) >= 11 is 0.458. The number of carbonyl (C=O) groups is 1. The van der Waals surface area contributed by atoms with E-state index in [2.05, 4.69) is 15.2 Å². The Morgan fingerprint density at radius 2 is 1.96 bits per heavy atom. The van der Waals surface area contributed by atoms with Crippen LogP contribution in [0.25, 0.3) is 0 Å². The molecule has 2 aromatic rings. The van der Waals surface area contributed by atoms with Gasteiger partial charge in [-0.05, 0) is 30.3 Å². The van der Waals surface area contributed by atoms with Crippen LogP contribution in [0.4, 0.5) is 14.6 Å². The molecule has 1 amide bonds. The van der Waals surface area contributed by atoms with Gasteiger partial charge in [0.05, 0.1) is 13.2 Å². The second-order valence-corrected chi connectivity index (χ2v) is 6.73. The van der Waals surface area contributed by atoms with E-state index in [0.717, 1.165) is 24.5 Å². The lowest BCUT2D eigenvalue weighted by atomic mass is 10.2. The highest BCUT2D eigenvalue weighted by Gasteiger charge is 2.16. The molecule has 1 aliphatic rings.